The molecule has 1 aromatic carbocycles. The van der Waals surface area contributed by atoms with Gasteiger partial charge in [0.2, 0.25) is 5.91 Å². The molecule has 0 aliphatic heterocycles. The molecule has 1 amide bonds. The Labute approximate surface area is 134 Å². The summed E-state index contributed by atoms with van der Waals surface area (Å²) < 4.78 is 5.10. The highest BCUT2D eigenvalue weighted by Crippen LogP contribution is 2.12. The van der Waals surface area contributed by atoms with Crippen LogP contribution in [-0.2, 0) is 11.2 Å². The zero-order valence-corrected chi connectivity index (χ0v) is 14.2. The first kappa shape index (κ1) is 19.7. The van der Waals surface area contributed by atoms with Crippen molar-refractivity contribution >= 4 is 18.3 Å². The van der Waals surface area contributed by atoms with E-state index in [4.69, 9.17) is 10.5 Å². The number of amides is 1. The number of likely N-dealkylation sites (N-methyl/N-ethyl adjacent to an activating group) is 1. The van der Waals surface area contributed by atoms with Gasteiger partial charge in [-0.2, -0.15) is 0 Å². The van der Waals surface area contributed by atoms with E-state index in [2.05, 4.69) is 13.8 Å². The molecule has 0 saturated carbocycles. The fourth-order valence-electron chi connectivity index (χ4n) is 1.85. The first-order valence-electron chi connectivity index (χ1n) is 7.06. The Morgan fingerprint density at radius 3 is 2.33 bits per heavy atom. The highest BCUT2D eigenvalue weighted by atomic mass is 35.5. The van der Waals surface area contributed by atoms with Crippen molar-refractivity contribution in [3.8, 4) is 5.75 Å². The van der Waals surface area contributed by atoms with Gasteiger partial charge in [0.05, 0.1) is 13.5 Å². The van der Waals surface area contributed by atoms with Crippen molar-refractivity contribution in [3.63, 3.8) is 0 Å². The number of benzene rings is 1. The number of nitrogens with two attached hydrogens (primary N) is 1. The minimum absolute atomic E-state index is 0. The van der Waals surface area contributed by atoms with Crippen LogP contribution in [0.25, 0.3) is 0 Å². The number of hydrogen-bond acceptors (Lipinski definition) is 3. The van der Waals surface area contributed by atoms with Gasteiger partial charge < -0.3 is 15.4 Å². The summed E-state index contributed by atoms with van der Waals surface area (Å²) in [5.41, 5.74) is 6.99. The number of carbonyl (C=O) groups is 1. The van der Waals surface area contributed by atoms with E-state index >= 15 is 0 Å². The second-order valence-corrected chi connectivity index (χ2v) is 5.54. The van der Waals surface area contributed by atoms with Crippen molar-refractivity contribution in [1.82, 2.24) is 4.90 Å². The SMILES string of the molecule is COc1ccc(CC(=O)N(C)CCC(N)C(C)C)cc1.Cl. The lowest BCUT2D eigenvalue weighted by molar-refractivity contribution is -0.129. The highest BCUT2D eigenvalue weighted by molar-refractivity contribution is 5.85. The Kier molecular flexibility index (Phi) is 9.06. The molecular formula is C16H27ClN2O2. The van der Waals surface area contributed by atoms with E-state index in [0.29, 0.717) is 18.9 Å². The van der Waals surface area contributed by atoms with Gasteiger partial charge in [0.15, 0.2) is 0 Å². The van der Waals surface area contributed by atoms with Gasteiger partial charge in [-0.3, -0.25) is 4.79 Å². The molecule has 0 spiro atoms. The zero-order chi connectivity index (χ0) is 15.1. The Morgan fingerprint density at radius 2 is 1.86 bits per heavy atom. The summed E-state index contributed by atoms with van der Waals surface area (Å²) in [7, 11) is 3.46. The Bertz CT molecular complexity index is 421. The molecule has 0 fully saturated rings. The number of carbonyl (C=O) groups excluding carboxylic acids is 1. The summed E-state index contributed by atoms with van der Waals surface area (Å²) in [6.45, 7) is 4.90. The first-order valence-corrected chi connectivity index (χ1v) is 7.06. The van der Waals surface area contributed by atoms with Crippen LogP contribution in [0.1, 0.15) is 25.8 Å². The standard InChI is InChI=1S/C16H26N2O2.ClH/c1-12(2)15(17)9-10-18(3)16(19)11-13-5-7-14(20-4)8-6-13;/h5-8,12,15H,9-11,17H2,1-4H3;1H. The third-order valence-electron chi connectivity index (χ3n) is 3.59. The van der Waals surface area contributed by atoms with E-state index in [-0.39, 0.29) is 24.4 Å². The Morgan fingerprint density at radius 1 is 1.29 bits per heavy atom. The minimum atomic E-state index is 0. The molecule has 5 heteroatoms. The van der Waals surface area contributed by atoms with Crippen LogP contribution >= 0.6 is 12.4 Å². The summed E-state index contributed by atoms with van der Waals surface area (Å²) in [5.74, 6) is 1.36. The van der Waals surface area contributed by atoms with E-state index in [1.165, 1.54) is 0 Å². The average molecular weight is 315 g/mol. The number of halogens is 1. The van der Waals surface area contributed by atoms with Crippen molar-refractivity contribution in [2.45, 2.75) is 32.7 Å². The average Bonchev–Trinajstić information content (AvgIpc) is 2.44. The van der Waals surface area contributed by atoms with Crippen molar-refractivity contribution in [2.24, 2.45) is 11.7 Å². The minimum Gasteiger partial charge on any atom is -0.497 e. The van der Waals surface area contributed by atoms with E-state index < -0.39 is 0 Å². The Hall–Kier alpha value is -1.26. The monoisotopic (exact) mass is 314 g/mol. The second-order valence-electron chi connectivity index (χ2n) is 5.54. The van der Waals surface area contributed by atoms with Crippen LogP contribution in [0.2, 0.25) is 0 Å². The van der Waals surface area contributed by atoms with Gasteiger partial charge in [-0.1, -0.05) is 26.0 Å². The lowest BCUT2D eigenvalue weighted by Gasteiger charge is -2.21. The molecule has 0 heterocycles. The van der Waals surface area contributed by atoms with Crippen LogP contribution in [-0.4, -0.2) is 37.6 Å². The summed E-state index contributed by atoms with van der Waals surface area (Å²) in [6, 6.07) is 7.73. The van der Waals surface area contributed by atoms with Gasteiger partial charge in [-0.15, -0.1) is 12.4 Å². The topological polar surface area (TPSA) is 55.6 Å². The molecule has 1 atom stereocenters. The van der Waals surface area contributed by atoms with Gasteiger partial charge in [-0.05, 0) is 30.0 Å². The molecule has 0 radical (unpaired) electrons. The molecule has 120 valence electrons. The Balaban J connectivity index is 0.00000400. The first-order chi connectivity index (χ1) is 9.43. The molecule has 2 N–H and O–H groups in total. The zero-order valence-electron chi connectivity index (χ0n) is 13.3. The molecule has 0 aromatic heterocycles. The lowest BCUT2D eigenvalue weighted by atomic mass is 10.0. The van der Waals surface area contributed by atoms with Crippen LogP contribution in [0.4, 0.5) is 0 Å². The summed E-state index contributed by atoms with van der Waals surface area (Å²) >= 11 is 0. The molecule has 21 heavy (non-hydrogen) atoms. The highest BCUT2D eigenvalue weighted by Gasteiger charge is 2.13. The third kappa shape index (κ3) is 6.82. The van der Waals surface area contributed by atoms with Crippen LogP contribution in [0.5, 0.6) is 5.75 Å². The second kappa shape index (κ2) is 9.64. The normalized spacial score (nSPS) is 11.7. The molecule has 0 aliphatic carbocycles. The van der Waals surface area contributed by atoms with Crippen molar-refractivity contribution < 1.29 is 9.53 Å². The summed E-state index contributed by atoms with van der Waals surface area (Å²) in [5, 5.41) is 0. The summed E-state index contributed by atoms with van der Waals surface area (Å²) in [4.78, 5) is 13.9. The maximum atomic E-state index is 12.1. The van der Waals surface area contributed by atoms with E-state index in [0.717, 1.165) is 17.7 Å². The fourth-order valence-corrected chi connectivity index (χ4v) is 1.85. The van der Waals surface area contributed by atoms with Gasteiger partial charge >= 0.3 is 0 Å². The number of rotatable bonds is 7. The number of hydrogen-bond donors (Lipinski definition) is 1. The van der Waals surface area contributed by atoms with Gasteiger partial charge in [0.25, 0.3) is 0 Å². The van der Waals surface area contributed by atoms with Crippen molar-refractivity contribution in [2.75, 3.05) is 20.7 Å². The van der Waals surface area contributed by atoms with Crippen LogP contribution in [0.3, 0.4) is 0 Å². The van der Waals surface area contributed by atoms with Crippen LogP contribution in [0, 0.1) is 5.92 Å². The number of nitrogens with zero attached hydrogens (tertiary/aromatic N) is 1. The van der Waals surface area contributed by atoms with Gasteiger partial charge in [0, 0.05) is 19.6 Å². The molecular weight excluding hydrogens is 288 g/mol. The van der Waals surface area contributed by atoms with E-state index in [1.807, 2.05) is 31.3 Å². The number of ether oxygens (including phenoxy) is 1. The molecule has 1 unspecified atom stereocenters. The quantitative estimate of drug-likeness (QED) is 0.841. The summed E-state index contributed by atoms with van der Waals surface area (Å²) in [6.07, 6.45) is 1.25. The van der Waals surface area contributed by atoms with Crippen molar-refractivity contribution in [3.05, 3.63) is 29.8 Å². The lowest BCUT2D eigenvalue weighted by Crippen LogP contribution is -2.35. The molecule has 0 bridgehead atoms. The van der Waals surface area contributed by atoms with Gasteiger partial charge in [0.1, 0.15) is 5.75 Å². The smallest absolute Gasteiger partial charge is 0.226 e. The molecule has 4 nitrogen and oxygen atoms in total. The van der Waals surface area contributed by atoms with Crippen LogP contribution < -0.4 is 10.5 Å². The molecule has 0 saturated heterocycles. The fraction of sp³-hybridized carbons (Fsp3) is 0.562. The molecule has 0 aliphatic rings. The van der Waals surface area contributed by atoms with E-state index in [9.17, 15) is 4.79 Å². The van der Waals surface area contributed by atoms with Gasteiger partial charge in [-0.25, -0.2) is 0 Å². The molecule has 1 rings (SSSR count). The maximum Gasteiger partial charge on any atom is 0.226 e. The maximum absolute atomic E-state index is 12.1. The van der Waals surface area contributed by atoms with E-state index in [1.54, 1.807) is 12.0 Å². The largest absolute Gasteiger partial charge is 0.497 e. The predicted molar refractivity (Wildman–Crippen MR) is 89.0 cm³/mol. The van der Waals surface area contributed by atoms with Crippen molar-refractivity contribution in [1.29, 1.82) is 0 Å². The molecule has 1 aromatic rings. The number of methoxy groups -OCH3 is 1. The van der Waals surface area contributed by atoms with Crippen LogP contribution in [0.15, 0.2) is 24.3 Å². The third-order valence-corrected chi connectivity index (χ3v) is 3.59. The predicted octanol–water partition coefficient (Wildman–Crippen LogP) is 2.49.